The maximum absolute atomic E-state index is 9.64. The molecule has 0 aliphatic carbocycles. The highest BCUT2D eigenvalue weighted by Gasteiger charge is 2.08. The Hall–Kier alpha value is -1.73. The van der Waals surface area contributed by atoms with Crippen LogP contribution in [-0.2, 0) is 9.59 Å². The molecule has 0 aromatic heterocycles. The van der Waals surface area contributed by atoms with E-state index < -0.39 is 24.1 Å². The molecule has 0 fully saturated rings. The van der Waals surface area contributed by atoms with Crippen molar-refractivity contribution in [2.24, 2.45) is 0 Å². The minimum absolute atomic E-state index is 0.296. The first-order chi connectivity index (χ1) is 12.3. The second-order valence-corrected chi connectivity index (χ2v) is 6.13. The molecule has 0 bridgehead atoms. The van der Waals surface area contributed by atoms with Crippen molar-refractivity contribution < 1.29 is 30.0 Å². The van der Waals surface area contributed by atoms with Crippen LogP contribution in [0.15, 0.2) is 12.2 Å². The minimum Gasteiger partial charge on any atom is -0.481 e. The van der Waals surface area contributed by atoms with E-state index in [-0.39, 0.29) is 12.8 Å². The summed E-state index contributed by atoms with van der Waals surface area (Å²) in [6, 6.07) is 0. The van der Waals surface area contributed by atoms with Crippen molar-refractivity contribution in [3.05, 3.63) is 12.2 Å². The SMILES string of the molecule is CCCCCCCCCCC=CC(O)C(O)C=N.O=C(O)CCC(=O)O. The number of hydrogen-bond acceptors (Lipinski definition) is 5. The van der Waals surface area contributed by atoms with Crippen LogP contribution in [0.25, 0.3) is 0 Å². The molecule has 0 aromatic rings. The fourth-order valence-corrected chi connectivity index (χ4v) is 2.06. The number of aliphatic hydroxyl groups excluding tert-OH is 2. The monoisotopic (exact) mass is 373 g/mol. The Labute approximate surface area is 156 Å². The lowest BCUT2D eigenvalue weighted by Crippen LogP contribution is -2.24. The van der Waals surface area contributed by atoms with Crippen LogP contribution in [0.5, 0.6) is 0 Å². The fourth-order valence-electron chi connectivity index (χ4n) is 2.06. The molecular formula is C19H35NO6. The van der Waals surface area contributed by atoms with Gasteiger partial charge in [0.05, 0.1) is 12.8 Å². The first kappa shape index (κ1) is 26.5. The van der Waals surface area contributed by atoms with Gasteiger partial charge in [-0.25, -0.2) is 0 Å². The summed E-state index contributed by atoms with van der Waals surface area (Å²) in [7, 11) is 0. The van der Waals surface area contributed by atoms with Gasteiger partial charge in [-0.15, -0.1) is 0 Å². The molecule has 0 saturated heterocycles. The standard InChI is InChI=1S/C15H29NO2.C4H6O4/c1-2-3-4-5-6-7-8-9-10-11-12-14(17)15(18)13-16;5-3(6)1-2-4(7)8/h11-18H,2-10H2,1H3;1-2H2,(H,5,6)(H,7,8). The molecule has 2 atom stereocenters. The molecule has 0 saturated carbocycles. The molecular weight excluding hydrogens is 338 g/mol. The molecule has 0 amide bonds. The highest BCUT2D eigenvalue weighted by atomic mass is 16.4. The lowest BCUT2D eigenvalue weighted by molar-refractivity contribution is -0.143. The minimum atomic E-state index is -1.08. The van der Waals surface area contributed by atoms with Crippen molar-refractivity contribution in [1.82, 2.24) is 0 Å². The molecule has 0 rings (SSSR count). The van der Waals surface area contributed by atoms with E-state index in [0.717, 1.165) is 19.1 Å². The van der Waals surface area contributed by atoms with E-state index in [2.05, 4.69) is 6.92 Å². The summed E-state index contributed by atoms with van der Waals surface area (Å²) >= 11 is 0. The predicted octanol–water partition coefficient (Wildman–Crippen LogP) is 3.38. The average molecular weight is 373 g/mol. The molecule has 0 aliphatic rings. The summed E-state index contributed by atoms with van der Waals surface area (Å²) in [6.45, 7) is 2.23. The van der Waals surface area contributed by atoms with Crippen molar-refractivity contribution >= 4 is 18.2 Å². The number of nitrogens with one attached hydrogen (secondary N) is 1. The summed E-state index contributed by atoms with van der Waals surface area (Å²) in [5, 5.41) is 41.1. The van der Waals surface area contributed by atoms with E-state index >= 15 is 0 Å². The Morgan fingerprint density at radius 2 is 1.31 bits per heavy atom. The van der Waals surface area contributed by atoms with Crippen LogP contribution in [0.4, 0.5) is 0 Å². The Balaban J connectivity index is 0. The van der Waals surface area contributed by atoms with E-state index in [4.69, 9.17) is 20.7 Å². The van der Waals surface area contributed by atoms with Crippen LogP contribution in [0.1, 0.15) is 77.6 Å². The molecule has 152 valence electrons. The number of rotatable bonds is 15. The third-order valence-corrected chi connectivity index (χ3v) is 3.63. The lowest BCUT2D eigenvalue weighted by atomic mass is 10.1. The van der Waals surface area contributed by atoms with E-state index in [1.54, 1.807) is 6.08 Å². The third kappa shape index (κ3) is 22.3. The molecule has 2 unspecified atom stereocenters. The molecule has 0 spiro atoms. The summed E-state index contributed by atoms with van der Waals surface area (Å²) < 4.78 is 0. The van der Waals surface area contributed by atoms with Gasteiger partial charge in [0.2, 0.25) is 0 Å². The number of aliphatic carboxylic acids is 2. The van der Waals surface area contributed by atoms with Gasteiger partial charge in [0.25, 0.3) is 0 Å². The van der Waals surface area contributed by atoms with Gasteiger partial charge in [-0.2, -0.15) is 0 Å². The van der Waals surface area contributed by atoms with Gasteiger partial charge in [0.1, 0.15) is 12.2 Å². The van der Waals surface area contributed by atoms with Crippen molar-refractivity contribution in [2.75, 3.05) is 0 Å². The molecule has 0 aliphatic heterocycles. The highest BCUT2D eigenvalue weighted by molar-refractivity contribution is 5.75. The van der Waals surface area contributed by atoms with Gasteiger partial charge in [-0.1, -0.05) is 64.0 Å². The van der Waals surface area contributed by atoms with Gasteiger partial charge in [-0.3, -0.25) is 9.59 Å². The molecule has 0 radical (unpaired) electrons. The van der Waals surface area contributed by atoms with Gasteiger partial charge in [-0.05, 0) is 12.8 Å². The van der Waals surface area contributed by atoms with Gasteiger partial charge < -0.3 is 25.8 Å². The van der Waals surface area contributed by atoms with Crippen molar-refractivity contribution in [2.45, 2.75) is 89.8 Å². The Morgan fingerprint density at radius 1 is 0.846 bits per heavy atom. The van der Waals surface area contributed by atoms with Crippen molar-refractivity contribution in [1.29, 1.82) is 5.41 Å². The van der Waals surface area contributed by atoms with Crippen LogP contribution < -0.4 is 0 Å². The highest BCUT2D eigenvalue weighted by Crippen LogP contribution is 2.09. The maximum atomic E-state index is 9.64. The van der Waals surface area contributed by atoms with Crippen molar-refractivity contribution in [3.8, 4) is 0 Å². The molecule has 7 heteroatoms. The molecule has 26 heavy (non-hydrogen) atoms. The predicted molar refractivity (Wildman–Crippen MR) is 102 cm³/mol. The topological polar surface area (TPSA) is 139 Å². The summed E-state index contributed by atoms with van der Waals surface area (Å²) in [6.07, 6.45) is 13.1. The summed E-state index contributed by atoms with van der Waals surface area (Å²) in [4.78, 5) is 19.3. The maximum Gasteiger partial charge on any atom is 0.303 e. The normalized spacial score (nSPS) is 12.9. The molecule has 0 aromatic carbocycles. The van der Waals surface area contributed by atoms with Gasteiger partial charge >= 0.3 is 11.9 Å². The van der Waals surface area contributed by atoms with Crippen LogP contribution in [0.2, 0.25) is 0 Å². The zero-order valence-electron chi connectivity index (χ0n) is 15.8. The first-order valence-corrected chi connectivity index (χ1v) is 9.32. The van der Waals surface area contributed by atoms with Gasteiger partial charge in [0, 0.05) is 6.21 Å². The van der Waals surface area contributed by atoms with Crippen LogP contribution in [-0.4, -0.2) is 50.8 Å². The lowest BCUT2D eigenvalue weighted by Gasteiger charge is -2.07. The number of aliphatic hydroxyl groups is 2. The zero-order valence-corrected chi connectivity index (χ0v) is 15.8. The Bertz CT molecular complexity index is 383. The molecule has 0 heterocycles. The third-order valence-electron chi connectivity index (χ3n) is 3.63. The number of carboxylic acid groups (broad SMARTS) is 2. The van der Waals surface area contributed by atoms with Crippen molar-refractivity contribution in [3.63, 3.8) is 0 Å². The smallest absolute Gasteiger partial charge is 0.303 e. The molecule has 7 nitrogen and oxygen atoms in total. The van der Waals surface area contributed by atoms with E-state index in [1.807, 2.05) is 6.08 Å². The number of carbonyl (C=O) groups is 2. The zero-order chi connectivity index (χ0) is 20.2. The van der Waals surface area contributed by atoms with Crippen LogP contribution in [0, 0.1) is 5.41 Å². The largest absolute Gasteiger partial charge is 0.481 e. The second kappa shape index (κ2) is 19.6. The quantitative estimate of drug-likeness (QED) is 0.169. The van der Waals surface area contributed by atoms with Gasteiger partial charge in [0.15, 0.2) is 0 Å². The number of carboxylic acids is 2. The summed E-state index contributed by atoms with van der Waals surface area (Å²) in [5.74, 6) is -2.15. The fraction of sp³-hybridized carbons (Fsp3) is 0.737. The first-order valence-electron chi connectivity index (χ1n) is 9.32. The number of hydrogen-bond donors (Lipinski definition) is 5. The van der Waals surface area contributed by atoms with E-state index in [0.29, 0.717) is 0 Å². The molecule has 5 N–H and O–H groups in total. The number of allylic oxidation sites excluding steroid dienone is 1. The van der Waals surface area contributed by atoms with Crippen LogP contribution in [0.3, 0.4) is 0 Å². The Morgan fingerprint density at radius 3 is 1.73 bits per heavy atom. The average Bonchev–Trinajstić information content (AvgIpc) is 2.61. The van der Waals surface area contributed by atoms with E-state index in [9.17, 15) is 14.7 Å². The Kier molecular flexibility index (Phi) is 20.0. The van der Waals surface area contributed by atoms with Crippen LogP contribution >= 0.6 is 0 Å². The summed E-state index contributed by atoms with van der Waals surface area (Å²) in [5.41, 5.74) is 0. The second-order valence-electron chi connectivity index (χ2n) is 6.13. The van der Waals surface area contributed by atoms with E-state index in [1.165, 1.54) is 44.9 Å². The number of unbranched alkanes of at least 4 members (excludes halogenated alkanes) is 8.